The van der Waals surface area contributed by atoms with Gasteiger partial charge < -0.3 is 15.0 Å². The van der Waals surface area contributed by atoms with Crippen LogP contribution in [0.2, 0.25) is 0 Å². The monoisotopic (exact) mass is 299 g/mol. The number of aromatic nitrogens is 3. The number of morpholine rings is 1. The van der Waals surface area contributed by atoms with Crippen molar-refractivity contribution in [3.05, 3.63) is 5.82 Å². The Balaban J connectivity index is 1.91. The molecule has 1 aromatic rings. The van der Waals surface area contributed by atoms with Crippen molar-refractivity contribution in [3.8, 4) is 0 Å². The van der Waals surface area contributed by atoms with Crippen LogP contribution in [0.25, 0.3) is 0 Å². The molecule has 0 radical (unpaired) electrons. The van der Waals surface area contributed by atoms with Crippen LogP contribution in [0.4, 0.5) is 0 Å². The van der Waals surface area contributed by atoms with E-state index < -0.39 is 0 Å². The van der Waals surface area contributed by atoms with Gasteiger partial charge in [-0.25, -0.2) is 0 Å². The van der Waals surface area contributed by atoms with Crippen LogP contribution in [0.3, 0.4) is 0 Å². The molecule has 1 aliphatic heterocycles. The molecule has 0 saturated carbocycles. The van der Waals surface area contributed by atoms with E-state index in [-0.39, 0.29) is 6.10 Å². The van der Waals surface area contributed by atoms with E-state index in [9.17, 15) is 0 Å². The number of ether oxygens (including phenoxy) is 1. The van der Waals surface area contributed by atoms with Gasteiger partial charge in [0.15, 0.2) is 5.16 Å². The third kappa shape index (κ3) is 3.94. The summed E-state index contributed by atoms with van der Waals surface area (Å²) in [6, 6.07) is 0. The summed E-state index contributed by atoms with van der Waals surface area (Å²) in [7, 11) is 0. The summed E-state index contributed by atoms with van der Waals surface area (Å²) >= 11 is 1.72. The van der Waals surface area contributed by atoms with Crippen molar-refractivity contribution in [2.45, 2.75) is 44.6 Å². The number of likely N-dealkylation sites (N-methyl/N-ethyl adjacent to an activating group) is 1. The van der Waals surface area contributed by atoms with Gasteiger partial charge in [-0.15, -0.1) is 10.2 Å². The summed E-state index contributed by atoms with van der Waals surface area (Å²) < 4.78 is 7.95. The predicted molar refractivity (Wildman–Crippen MR) is 80.8 cm³/mol. The molecule has 6 nitrogen and oxygen atoms in total. The number of hydrogen-bond acceptors (Lipinski definition) is 6. The first kappa shape index (κ1) is 15.8. The van der Waals surface area contributed by atoms with E-state index in [1.165, 1.54) is 0 Å². The fourth-order valence-corrected chi connectivity index (χ4v) is 3.35. The van der Waals surface area contributed by atoms with Crippen molar-refractivity contribution < 1.29 is 4.74 Å². The Bertz CT molecular complexity index is 411. The molecule has 0 aromatic carbocycles. The minimum atomic E-state index is 0.279. The molecule has 114 valence electrons. The first-order chi connectivity index (χ1) is 9.78. The standard InChI is InChI=1S/C13H25N5OS/c1-3-5-18-12(8-14)15-16-13(18)20-10-11-9-17(4-2)6-7-19-11/h11H,3-10,14H2,1-2H3. The number of hydrogen-bond donors (Lipinski definition) is 1. The zero-order valence-corrected chi connectivity index (χ0v) is 13.2. The minimum absolute atomic E-state index is 0.279. The lowest BCUT2D eigenvalue weighted by molar-refractivity contribution is -0.0137. The molecule has 1 unspecified atom stereocenters. The van der Waals surface area contributed by atoms with Crippen LogP contribution in [0.1, 0.15) is 26.1 Å². The van der Waals surface area contributed by atoms with Crippen molar-refractivity contribution in [2.75, 3.05) is 32.0 Å². The summed E-state index contributed by atoms with van der Waals surface area (Å²) in [5.41, 5.74) is 5.71. The van der Waals surface area contributed by atoms with Gasteiger partial charge in [0.25, 0.3) is 0 Å². The Hall–Kier alpha value is -0.630. The maximum absolute atomic E-state index is 5.82. The quantitative estimate of drug-likeness (QED) is 0.756. The van der Waals surface area contributed by atoms with Crippen LogP contribution in [-0.4, -0.2) is 57.8 Å². The Morgan fingerprint density at radius 3 is 2.95 bits per heavy atom. The van der Waals surface area contributed by atoms with Crippen molar-refractivity contribution in [3.63, 3.8) is 0 Å². The Kier molecular flexibility index (Phi) is 6.28. The third-order valence-corrected chi connectivity index (χ3v) is 4.59. The first-order valence-corrected chi connectivity index (χ1v) is 8.35. The maximum atomic E-state index is 5.82. The van der Waals surface area contributed by atoms with E-state index in [1.807, 2.05) is 0 Å². The highest BCUT2D eigenvalue weighted by Crippen LogP contribution is 2.20. The van der Waals surface area contributed by atoms with Crippen LogP contribution in [0.15, 0.2) is 5.16 Å². The molecule has 0 spiro atoms. The SMILES string of the molecule is CCCn1c(CN)nnc1SCC1CN(CC)CCO1. The normalized spacial score (nSPS) is 20.4. The minimum Gasteiger partial charge on any atom is -0.375 e. The van der Waals surface area contributed by atoms with Crippen LogP contribution >= 0.6 is 11.8 Å². The second-order valence-corrected chi connectivity index (χ2v) is 5.94. The molecule has 7 heteroatoms. The van der Waals surface area contributed by atoms with Crippen molar-refractivity contribution in [1.82, 2.24) is 19.7 Å². The summed E-state index contributed by atoms with van der Waals surface area (Å²) in [4.78, 5) is 2.43. The van der Waals surface area contributed by atoms with Crippen LogP contribution < -0.4 is 5.73 Å². The molecule has 2 N–H and O–H groups in total. The van der Waals surface area contributed by atoms with Gasteiger partial charge in [0.2, 0.25) is 0 Å². The molecule has 0 bridgehead atoms. The molecule has 0 aliphatic carbocycles. The zero-order chi connectivity index (χ0) is 14.4. The van der Waals surface area contributed by atoms with Gasteiger partial charge in [-0.1, -0.05) is 25.6 Å². The van der Waals surface area contributed by atoms with Crippen molar-refractivity contribution in [1.29, 1.82) is 0 Å². The van der Waals surface area contributed by atoms with Crippen LogP contribution in [0, 0.1) is 0 Å². The summed E-state index contributed by atoms with van der Waals surface area (Å²) in [5, 5.41) is 9.38. The van der Waals surface area contributed by atoms with Gasteiger partial charge in [-0.3, -0.25) is 4.90 Å². The average Bonchev–Trinajstić information content (AvgIpc) is 2.88. The lowest BCUT2D eigenvalue weighted by Gasteiger charge is -2.31. The topological polar surface area (TPSA) is 69.2 Å². The molecule has 1 fully saturated rings. The van der Waals surface area contributed by atoms with Crippen molar-refractivity contribution >= 4 is 11.8 Å². The van der Waals surface area contributed by atoms with Gasteiger partial charge in [0.05, 0.1) is 19.3 Å². The summed E-state index contributed by atoms with van der Waals surface area (Å²) in [5.74, 6) is 1.79. The fraction of sp³-hybridized carbons (Fsp3) is 0.846. The van der Waals surface area contributed by atoms with E-state index in [0.29, 0.717) is 6.54 Å². The second kappa shape index (κ2) is 7.97. The number of rotatable bonds is 7. The highest BCUT2D eigenvalue weighted by molar-refractivity contribution is 7.99. The number of thioether (sulfide) groups is 1. The Labute approximate surface area is 125 Å². The molecule has 2 rings (SSSR count). The first-order valence-electron chi connectivity index (χ1n) is 7.37. The van der Waals surface area contributed by atoms with Crippen LogP contribution in [0.5, 0.6) is 0 Å². The average molecular weight is 299 g/mol. The van der Waals surface area contributed by atoms with E-state index in [2.05, 4.69) is 33.5 Å². The number of nitrogens with two attached hydrogens (primary N) is 1. The predicted octanol–water partition coefficient (Wildman–Crippen LogP) is 0.960. The molecule has 1 aliphatic rings. The van der Waals surface area contributed by atoms with E-state index in [0.717, 1.165) is 55.9 Å². The Morgan fingerprint density at radius 2 is 2.25 bits per heavy atom. The summed E-state index contributed by atoms with van der Waals surface area (Å²) in [6.45, 7) is 9.68. The highest BCUT2D eigenvalue weighted by atomic mass is 32.2. The lowest BCUT2D eigenvalue weighted by Crippen LogP contribution is -2.43. The second-order valence-electron chi connectivity index (χ2n) is 4.95. The smallest absolute Gasteiger partial charge is 0.191 e. The lowest BCUT2D eigenvalue weighted by atomic mass is 10.3. The summed E-state index contributed by atoms with van der Waals surface area (Å²) in [6.07, 6.45) is 1.34. The Morgan fingerprint density at radius 1 is 1.40 bits per heavy atom. The van der Waals surface area contributed by atoms with Crippen LogP contribution in [-0.2, 0) is 17.8 Å². The van der Waals surface area contributed by atoms with Gasteiger partial charge in [0, 0.05) is 25.4 Å². The maximum Gasteiger partial charge on any atom is 0.191 e. The molecule has 2 heterocycles. The molecule has 1 atom stereocenters. The molecule has 0 amide bonds. The van der Waals surface area contributed by atoms with E-state index in [1.54, 1.807) is 11.8 Å². The molecule has 20 heavy (non-hydrogen) atoms. The van der Waals surface area contributed by atoms with E-state index >= 15 is 0 Å². The molecular formula is C13H25N5OS. The largest absolute Gasteiger partial charge is 0.375 e. The van der Waals surface area contributed by atoms with Gasteiger partial charge >= 0.3 is 0 Å². The molecule has 1 saturated heterocycles. The van der Waals surface area contributed by atoms with Gasteiger partial charge in [0.1, 0.15) is 5.82 Å². The van der Waals surface area contributed by atoms with E-state index in [4.69, 9.17) is 10.5 Å². The highest BCUT2D eigenvalue weighted by Gasteiger charge is 2.20. The fourth-order valence-electron chi connectivity index (χ4n) is 2.36. The molecular weight excluding hydrogens is 274 g/mol. The van der Waals surface area contributed by atoms with Crippen molar-refractivity contribution in [2.24, 2.45) is 5.73 Å². The van der Waals surface area contributed by atoms with Gasteiger partial charge in [-0.05, 0) is 13.0 Å². The molecule has 1 aromatic heterocycles. The van der Waals surface area contributed by atoms with Gasteiger partial charge in [-0.2, -0.15) is 0 Å². The zero-order valence-electron chi connectivity index (χ0n) is 12.4. The third-order valence-electron chi connectivity index (χ3n) is 3.49. The number of nitrogens with zero attached hydrogens (tertiary/aromatic N) is 4.